The van der Waals surface area contributed by atoms with Crippen molar-refractivity contribution in [2.45, 2.75) is 32.6 Å². The number of hydrogen-bond donors (Lipinski definition) is 2. The van der Waals surface area contributed by atoms with Crippen LogP contribution in [0.15, 0.2) is 0 Å². The van der Waals surface area contributed by atoms with Gasteiger partial charge in [0.15, 0.2) is 0 Å². The summed E-state index contributed by atoms with van der Waals surface area (Å²) in [6.07, 6.45) is 4.54. The largest absolute Gasteiger partial charge is 0.351 e. The predicted molar refractivity (Wildman–Crippen MR) is 61.3 cm³/mol. The lowest BCUT2D eigenvalue weighted by atomic mass is 9.90. The van der Waals surface area contributed by atoms with Crippen LogP contribution in [-0.4, -0.2) is 30.6 Å². The van der Waals surface area contributed by atoms with E-state index in [1.807, 2.05) is 0 Å². The van der Waals surface area contributed by atoms with Crippen LogP contribution in [0.1, 0.15) is 32.6 Å². The highest BCUT2D eigenvalue weighted by atomic mass is 16.2. The van der Waals surface area contributed by atoms with Crippen molar-refractivity contribution >= 4 is 6.03 Å². The molecule has 0 aromatic rings. The number of rotatable bonds is 3. The van der Waals surface area contributed by atoms with Gasteiger partial charge in [-0.1, -0.05) is 6.92 Å². The third-order valence-electron chi connectivity index (χ3n) is 3.30. The smallest absolute Gasteiger partial charge is 0.314 e. The van der Waals surface area contributed by atoms with E-state index >= 15 is 0 Å². The summed E-state index contributed by atoms with van der Waals surface area (Å²) in [5.74, 6) is 1.31. The Morgan fingerprint density at radius 2 is 2.20 bits per heavy atom. The van der Waals surface area contributed by atoms with Gasteiger partial charge in [0.05, 0.1) is 0 Å². The number of hydrogen-bond acceptors (Lipinski definition) is 2. The molecule has 0 spiro atoms. The molecule has 4 N–H and O–H groups in total. The summed E-state index contributed by atoms with van der Waals surface area (Å²) in [7, 11) is 0. The highest BCUT2D eigenvalue weighted by molar-refractivity contribution is 5.71. The van der Waals surface area contributed by atoms with Crippen molar-refractivity contribution in [2.75, 3.05) is 19.6 Å². The van der Waals surface area contributed by atoms with Crippen LogP contribution in [0, 0.1) is 11.8 Å². The molecule has 1 rings (SSSR count). The van der Waals surface area contributed by atoms with Crippen molar-refractivity contribution < 1.29 is 4.79 Å². The Morgan fingerprint density at radius 1 is 1.47 bits per heavy atom. The lowest BCUT2D eigenvalue weighted by Crippen LogP contribution is -2.36. The van der Waals surface area contributed by atoms with Gasteiger partial charge in [-0.05, 0) is 44.1 Å². The average molecular weight is 213 g/mol. The van der Waals surface area contributed by atoms with Gasteiger partial charge in [-0.3, -0.25) is 0 Å². The molecule has 1 heterocycles. The molecular formula is C11H23N3O. The zero-order valence-electron chi connectivity index (χ0n) is 9.61. The molecule has 1 aliphatic rings. The average Bonchev–Trinajstić information content (AvgIpc) is 2.43. The molecule has 1 saturated heterocycles. The third-order valence-corrected chi connectivity index (χ3v) is 3.30. The van der Waals surface area contributed by atoms with Crippen LogP contribution in [-0.2, 0) is 0 Å². The zero-order chi connectivity index (χ0) is 11.3. The van der Waals surface area contributed by atoms with Gasteiger partial charge in [-0.25, -0.2) is 4.79 Å². The van der Waals surface area contributed by atoms with Gasteiger partial charge in [0.2, 0.25) is 0 Å². The lowest BCUT2D eigenvalue weighted by molar-refractivity contribution is 0.208. The van der Waals surface area contributed by atoms with Crippen molar-refractivity contribution in [2.24, 2.45) is 23.3 Å². The fourth-order valence-electron chi connectivity index (χ4n) is 2.29. The van der Waals surface area contributed by atoms with Gasteiger partial charge in [0.1, 0.15) is 0 Å². The van der Waals surface area contributed by atoms with E-state index in [0.717, 1.165) is 32.5 Å². The molecular weight excluding hydrogens is 190 g/mol. The Hall–Kier alpha value is -0.770. The first kappa shape index (κ1) is 12.3. The number of amides is 2. The zero-order valence-corrected chi connectivity index (χ0v) is 9.61. The Kier molecular flexibility index (Phi) is 4.88. The van der Waals surface area contributed by atoms with E-state index in [1.165, 1.54) is 12.8 Å². The number of primary amides is 1. The van der Waals surface area contributed by atoms with E-state index in [4.69, 9.17) is 11.5 Å². The van der Waals surface area contributed by atoms with Crippen LogP contribution in [0.5, 0.6) is 0 Å². The van der Waals surface area contributed by atoms with E-state index in [2.05, 4.69) is 6.92 Å². The molecule has 0 bridgehead atoms. The summed E-state index contributed by atoms with van der Waals surface area (Å²) in [6.45, 7) is 4.59. The molecule has 0 aliphatic carbocycles. The van der Waals surface area contributed by atoms with Crippen LogP contribution in [0.4, 0.5) is 4.79 Å². The number of carbonyl (C=O) groups is 1. The highest BCUT2D eigenvalue weighted by Crippen LogP contribution is 2.23. The molecule has 1 fully saturated rings. The predicted octanol–water partition coefficient (Wildman–Crippen LogP) is 1.15. The number of likely N-dealkylation sites (tertiary alicyclic amines) is 1. The van der Waals surface area contributed by atoms with E-state index in [9.17, 15) is 4.79 Å². The van der Waals surface area contributed by atoms with Crippen molar-refractivity contribution in [3.05, 3.63) is 0 Å². The maximum Gasteiger partial charge on any atom is 0.314 e. The minimum atomic E-state index is -0.275. The SMILES string of the molecule is CC(CN)CC1CCCN(C(N)=O)CC1. The Morgan fingerprint density at radius 3 is 2.80 bits per heavy atom. The molecule has 88 valence electrons. The highest BCUT2D eigenvalue weighted by Gasteiger charge is 2.19. The first-order valence-corrected chi connectivity index (χ1v) is 5.88. The van der Waals surface area contributed by atoms with Crippen LogP contribution < -0.4 is 11.5 Å². The summed E-state index contributed by atoms with van der Waals surface area (Å²) in [5, 5.41) is 0. The second-order valence-corrected chi connectivity index (χ2v) is 4.70. The van der Waals surface area contributed by atoms with Crippen LogP contribution >= 0.6 is 0 Å². The molecule has 0 aromatic heterocycles. The maximum absolute atomic E-state index is 11.0. The number of nitrogens with zero attached hydrogens (tertiary/aromatic N) is 1. The monoisotopic (exact) mass is 213 g/mol. The number of urea groups is 1. The normalized spacial score (nSPS) is 24.7. The van der Waals surface area contributed by atoms with Crippen molar-refractivity contribution in [3.63, 3.8) is 0 Å². The first-order chi connectivity index (χ1) is 7.13. The van der Waals surface area contributed by atoms with Crippen molar-refractivity contribution in [1.29, 1.82) is 0 Å². The molecule has 4 nitrogen and oxygen atoms in total. The topological polar surface area (TPSA) is 72.3 Å². The fraction of sp³-hybridized carbons (Fsp3) is 0.909. The van der Waals surface area contributed by atoms with Crippen molar-refractivity contribution in [3.8, 4) is 0 Å². The minimum Gasteiger partial charge on any atom is -0.351 e. The summed E-state index contributed by atoms with van der Waals surface area (Å²) < 4.78 is 0. The minimum absolute atomic E-state index is 0.275. The summed E-state index contributed by atoms with van der Waals surface area (Å²) in [4.78, 5) is 12.8. The molecule has 2 amide bonds. The van der Waals surface area contributed by atoms with E-state index in [0.29, 0.717) is 11.8 Å². The molecule has 0 radical (unpaired) electrons. The van der Waals surface area contributed by atoms with E-state index in [-0.39, 0.29) is 6.03 Å². The molecule has 1 aliphatic heterocycles. The Labute approximate surface area is 92.0 Å². The fourth-order valence-corrected chi connectivity index (χ4v) is 2.29. The second-order valence-electron chi connectivity index (χ2n) is 4.70. The van der Waals surface area contributed by atoms with Crippen molar-refractivity contribution in [1.82, 2.24) is 4.90 Å². The molecule has 4 heteroatoms. The third kappa shape index (κ3) is 4.08. The van der Waals surface area contributed by atoms with Crippen LogP contribution in [0.3, 0.4) is 0 Å². The van der Waals surface area contributed by atoms with E-state index < -0.39 is 0 Å². The van der Waals surface area contributed by atoms with Gasteiger partial charge in [-0.2, -0.15) is 0 Å². The summed E-state index contributed by atoms with van der Waals surface area (Å²) >= 11 is 0. The van der Waals surface area contributed by atoms with Gasteiger partial charge < -0.3 is 16.4 Å². The van der Waals surface area contributed by atoms with Gasteiger partial charge in [0.25, 0.3) is 0 Å². The first-order valence-electron chi connectivity index (χ1n) is 5.88. The Balaban J connectivity index is 2.35. The van der Waals surface area contributed by atoms with Crippen LogP contribution in [0.2, 0.25) is 0 Å². The molecule has 15 heavy (non-hydrogen) atoms. The van der Waals surface area contributed by atoms with Crippen LogP contribution in [0.25, 0.3) is 0 Å². The van der Waals surface area contributed by atoms with Gasteiger partial charge in [-0.15, -0.1) is 0 Å². The second kappa shape index (κ2) is 5.95. The summed E-state index contributed by atoms with van der Waals surface area (Å²) in [6, 6.07) is -0.275. The quantitative estimate of drug-likeness (QED) is 0.738. The maximum atomic E-state index is 11.0. The van der Waals surface area contributed by atoms with Gasteiger partial charge >= 0.3 is 6.03 Å². The molecule has 0 aromatic carbocycles. The lowest BCUT2D eigenvalue weighted by Gasteiger charge is -2.19. The summed E-state index contributed by atoms with van der Waals surface area (Å²) in [5.41, 5.74) is 10.9. The number of carbonyl (C=O) groups excluding carboxylic acids is 1. The molecule has 0 saturated carbocycles. The Bertz CT molecular complexity index is 208. The van der Waals surface area contributed by atoms with E-state index in [1.54, 1.807) is 4.90 Å². The standard InChI is InChI=1S/C11H23N3O/c1-9(8-12)7-10-3-2-5-14(6-4-10)11(13)15/h9-10H,2-8,12H2,1H3,(H2,13,15). The van der Waals surface area contributed by atoms with Gasteiger partial charge in [0, 0.05) is 13.1 Å². The molecule has 2 atom stereocenters. The molecule has 2 unspecified atom stereocenters. The number of nitrogens with two attached hydrogens (primary N) is 2.